The van der Waals surface area contributed by atoms with Crippen LogP contribution >= 0.6 is 12.2 Å². The van der Waals surface area contributed by atoms with Gasteiger partial charge in [-0.3, -0.25) is 5.32 Å². The van der Waals surface area contributed by atoms with Crippen molar-refractivity contribution in [3.63, 3.8) is 0 Å². The van der Waals surface area contributed by atoms with Crippen molar-refractivity contribution in [2.75, 3.05) is 17.7 Å². The number of hydrogen-bond donors (Lipinski definition) is 3. The number of aryl methyl sites for hydroxylation is 4. The molecule has 7 nitrogen and oxygen atoms in total. The molecule has 0 bridgehead atoms. The molecular formula is C24H28N6OS. The van der Waals surface area contributed by atoms with Gasteiger partial charge < -0.3 is 15.4 Å². The van der Waals surface area contributed by atoms with Crippen molar-refractivity contribution in [2.45, 2.75) is 34.2 Å². The first kappa shape index (κ1) is 23.1. The van der Waals surface area contributed by atoms with Crippen molar-refractivity contribution in [1.29, 1.82) is 0 Å². The highest BCUT2D eigenvalue weighted by Crippen LogP contribution is 2.18. The number of benzene rings is 2. The van der Waals surface area contributed by atoms with Crippen LogP contribution in [0.2, 0.25) is 0 Å². The predicted octanol–water partition coefficient (Wildman–Crippen LogP) is 4.67. The molecule has 1 heterocycles. The van der Waals surface area contributed by atoms with Gasteiger partial charge in [-0.1, -0.05) is 24.3 Å². The van der Waals surface area contributed by atoms with Crippen LogP contribution in [0.1, 0.15) is 28.1 Å². The fourth-order valence-electron chi connectivity index (χ4n) is 3.08. The summed E-state index contributed by atoms with van der Waals surface area (Å²) in [6, 6.07) is 15.8. The van der Waals surface area contributed by atoms with Crippen molar-refractivity contribution in [3.8, 4) is 5.75 Å². The Kier molecular flexibility index (Phi) is 7.72. The van der Waals surface area contributed by atoms with Gasteiger partial charge in [-0.25, -0.2) is 15.0 Å². The third-order valence-electron chi connectivity index (χ3n) is 4.81. The van der Waals surface area contributed by atoms with E-state index in [1.807, 2.05) is 50.2 Å². The minimum absolute atomic E-state index is 0.385. The molecule has 0 aliphatic heterocycles. The van der Waals surface area contributed by atoms with Crippen LogP contribution in [0.3, 0.4) is 0 Å². The summed E-state index contributed by atoms with van der Waals surface area (Å²) in [6.45, 7) is 8.37. The number of rotatable bonds is 5. The van der Waals surface area contributed by atoms with Crippen LogP contribution in [0.5, 0.6) is 5.75 Å². The zero-order valence-electron chi connectivity index (χ0n) is 19.0. The van der Waals surface area contributed by atoms with E-state index >= 15 is 0 Å². The summed E-state index contributed by atoms with van der Waals surface area (Å²) in [5.74, 6) is 1.65. The minimum atomic E-state index is 0.385. The first-order valence-electron chi connectivity index (χ1n) is 10.2. The predicted molar refractivity (Wildman–Crippen MR) is 135 cm³/mol. The zero-order chi connectivity index (χ0) is 23.1. The van der Waals surface area contributed by atoms with Crippen LogP contribution in [0.4, 0.5) is 11.6 Å². The number of ether oxygens (including phenoxy) is 1. The number of thiocarbonyl (C=S) groups is 1. The summed E-state index contributed by atoms with van der Waals surface area (Å²) in [4.78, 5) is 13.6. The molecule has 0 aliphatic carbocycles. The topological polar surface area (TPSA) is 83.5 Å². The van der Waals surface area contributed by atoms with Crippen molar-refractivity contribution < 1.29 is 4.74 Å². The molecule has 0 spiro atoms. The zero-order valence-corrected chi connectivity index (χ0v) is 19.8. The van der Waals surface area contributed by atoms with E-state index in [9.17, 15) is 0 Å². The number of para-hydroxylation sites is 1. The molecule has 166 valence electrons. The number of aromatic nitrogens is 2. The molecule has 0 radical (unpaired) electrons. The molecule has 1 aromatic heterocycles. The molecule has 0 saturated carbocycles. The second-order valence-corrected chi connectivity index (χ2v) is 7.86. The molecule has 3 aromatic rings. The number of hydrogen-bond acceptors (Lipinski definition) is 5. The van der Waals surface area contributed by atoms with E-state index in [-0.39, 0.29) is 0 Å². The van der Waals surface area contributed by atoms with Gasteiger partial charge in [0.25, 0.3) is 0 Å². The first-order valence-corrected chi connectivity index (χ1v) is 10.7. The number of nitrogens with zero attached hydrogens (tertiary/aromatic N) is 3. The van der Waals surface area contributed by atoms with E-state index in [1.165, 1.54) is 11.1 Å². The second-order valence-electron chi connectivity index (χ2n) is 7.45. The third-order valence-corrected chi connectivity index (χ3v) is 5.01. The molecule has 0 saturated heterocycles. The Morgan fingerprint density at radius 2 is 1.66 bits per heavy atom. The van der Waals surface area contributed by atoms with Crippen LogP contribution in [-0.4, -0.2) is 28.1 Å². The quantitative estimate of drug-likeness (QED) is 0.297. The lowest BCUT2D eigenvalue weighted by Crippen LogP contribution is -2.39. The molecule has 0 amide bonds. The highest BCUT2D eigenvalue weighted by atomic mass is 32.1. The van der Waals surface area contributed by atoms with Crippen LogP contribution in [0.15, 0.2) is 53.5 Å². The lowest BCUT2D eigenvalue weighted by molar-refractivity contribution is 0.410. The van der Waals surface area contributed by atoms with Gasteiger partial charge in [0.15, 0.2) is 5.11 Å². The minimum Gasteiger partial charge on any atom is -0.496 e. The fourth-order valence-corrected chi connectivity index (χ4v) is 3.30. The smallest absolute Gasteiger partial charge is 0.229 e. The molecule has 0 unspecified atom stereocenters. The molecule has 8 heteroatoms. The Bertz CT molecular complexity index is 1120. The molecule has 0 fully saturated rings. The van der Waals surface area contributed by atoms with E-state index in [0.29, 0.717) is 23.6 Å². The van der Waals surface area contributed by atoms with Gasteiger partial charge in [0.2, 0.25) is 11.9 Å². The van der Waals surface area contributed by atoms with Crippen LogP contribution < -0.4 is 20.7 Å². The molecule has 0 aliphatic rings. The van der Waals surface area contributed by atoms with Crippen molar-refractivity contribution in [1.82, 2.24) is 15.3 Å². The number of nitrogens with one attached hydrogen (secondary N) is 3. The van der Waals surface area contributed by atoms with Gasteiger partial charge in [0.1, 0.15) is 5.75 Å². The summed E-state index contributed by atoms with van der Waals surface area (Å²) < 4.78 is 5.44. The van der Waals surface area contributed by atoms with E-state index in [2.05, 4.69) is 56.9 Å². The maximum atomic E-state index is 5.53. The molecule has 3 N–H and O–H groups in total. The Labute approximate surface area is 194 Å². The molecule has 32 heavy (non-hydrogen) atoms. The van der Waals surface area contributed by atoms with Crippen molar-refractivity contribution in [2.24, 2.45) is 4.99 Å². The highest BCUT2D eigenvalue weighted by Gasteiger charge is 2.09. The highest BCUT2D eigenvalue weighted by molar-refractivity contribution is 7.80. The van der Waals surface area contributed by atoms with E-state index in [4.69, 9.17) is 17.0 Å². The largest absolute Gasteiger partial charge is 0.496 e. The van der Waals surface area contributed by atoms with Crippen LogP contribution in [-0.2, 0) is 6.54 Å². The summed E-state index contributed by atoms with van der Waals surface area (Å²) >= 11 is 5.53. The Balaban J connectivity index is 1.81. The average molecular weight is 449 g/mol. The normalized spacial score (nSPS) is 11.1. The third kappa shape index (κ3) is 6.49. The van der Waals surface area contributed by atoms with E-state index in [1.54, 1.807) is 7.11 Å². The standard InChI is InChI=1S/C24H28N6OS/c1-15-10-11-20(12-16(15)2)28-24(32)30-22(29-23-26-17(3)13-18(4)27-23)25-14-19-8-6-7-9-21(19)31-5/h6-13H,14H2,1-5H3,(H3,25,26,27,28,29,30,32). The summed E-state index contributed by atoms with van der Waals surface area (Å²) in [5, 5.41) is 9.90. The van der Waals surface area contributed by atoms with Gasteiger partial charge in [0.05, 0.1) is 13.7 Å². The summed E-state index contributed by atoms with van der Waals surface area (Å²) in [5.41, 5.74) is 5.98. The Morgan fingerprint density at radius 3 is 2.34 bits per heavy atom. The van der Waals surface area contributed by atoms with Crippen molar-refractivity contribution >= 4 is 34.9 Å². The van der Waals surface area contributed by atoms with Crippen LogP contribution in [0, 0.1) is 27.7 Å². The molecule has 3 rings (SSSR count). The van der Waals surface area contributed by atoms with Gasteiger partial charge in [0, 0.05) is 22.6 Å². The Morgan fingerprint density at radius 1 is 0.938 bits per heavy atom. The second kappa shape index (κ2) is 10.7. The number of guanidine groups is 1. The van der Waals surface area contributed by atoms with Gasteiger partial charge in [-0.05, 0) is 75.3 Å². The number of anilines is 2. The fraction of sp³-hybridized carbons (Fsp3) is 0.250. The van der Waals surface area contributed by atoms with E-state index in [0.717, 1.165) is 28.4 Å². The number of methoxy groups -OCH3 is 1. The SMILES string of the molecule is COc1ccccc1CN=C(NC(=S)Nc1ccc(C)c(C)c1)Nc1nc(C)cc(C)n1. The lowest BCUT2D eigenvalue weighted by Gasteiger charge is -2.15. The Hall–Kier alpha value is -3.52. The molecule has 0 atom stereocenters. The molecular weight excluding hydrogens is 420 g/mol. The lowest BCUT2D eigenvalue weighted by atomic mass is 10.1. The average Bonchev–Trinajstić information content (AvgIpc) is 2.74. The van der Waals surface area contributed by atoms with Gasteiger partial charge in [-0.2, -0.15) is 0 Å². The monoisotopic (exact) mass is 448 g/mol. The molecule has 2 aromatic carbocycles. The maximum Gasteiger partial charge on any atom is 0.229 e. The van der Waals surface area contributed by atoms with Crippen LogP contribution in [0.25, 0.3) is 0 Å². The number of aliphatic imine (C=N–C) groups is 1. The summed E-state index contributed by atoms with van der Waals surface area (Å²) in [7, 11) is 1.64. The van der Waals surface area contributed by atoms with Crippen molar-refractivity contribution in [3.05, 3.63) is 76.6 Å². The van der Waals surface area contributed by atoms with Gasteiger partial charge >= 0.3 is 0 Å². The first-order chi connectivity index (χ1) is 15.3. The maximum absolute atomic E-state index is 5.53. The van der Waals surface area contributed by atoms with Gasteiger partial charge in [-0.15, -0.1) is 0 Å². The summed E-state index contributed by atoms with van der Waals surface area (Å²) in [6.07, 6.45) is 0. The van der Waals surface area contributed by atoms with E-state index < -0.39 is 0 Å².